The number of ether oxygens (including phenoxy) is 2. The number of aliphatic hydroxyl groups is 2. The number of hydrogen-bond acceptors (Lipinski definition) is 10. The molecule has 1 saturated carbocycles. The molecule has 1 aromatic heterocycles. The molecule has 5 rings (SSSR count). The lowest BCUT2D eigenvalue weighted by Crippen LogP contribution is -2.39. The normalized spacial score (nSPS) is 23.7. The largest absolute Gasteiger partial charge is 0.489 e. The number of benzene rings is 1. The molecule has 0 spiro atoms. The maximum Gasteiger partial charge on any atom is 0.200 e. The zero-order valence-electron chi connectivity index (χ0n) is 22.1. The second-order valence-corrected chi connectivity index (χ2v) is 13.5. The molecule has 0 radical (unpaired) electrons. The van der Waals surface area contributed by atoms with Gasteiger partial charge in [-0.3, -0.25) is 4.79 Å². The van der Waals surface area contributed by atoms with E-state index >= 15 is 0 Å². The van der Waals surface area contributed by atoms with Crippen molar-refractivity contribution in [3.8, 4) is 11.5 Å². The van der Waals surface area contributed by atoms with Gasteiger partial charge in [0.05, 0.1) is 17.7 Å². The molecule has 2 bridgehead atoms. The Labute approximate surface area is 234 Å². The van der Waals surface area contributed by atoms with Gasteiger partial charge in [-0.2, -0.15) is 0 Å². The van der Waals surface area contributed by atoms with Crippen LogP contribution < -0.4 is 26.4 Å². The number of carbonyl (C=O) groups excluding carboxylic acids is 1. The van der Waals surface area contributed by atoms with Crippen molar-refractivity contribution in [2.75, 3.05) is 5.75 Å². The fourth-order valence-corrected chi connectivity index (χ4v) is 7.87. The number of guanidine groups is 1. The van der Waals surface area contributed by atoms with Gasteiger partial charge in [0.25, 0.3) is 0 Å². The molecule has 39 heavy (non-hydrogen) atoms. The number of aliphatic imine (C=N–C) groups is 1. The van der Waals surface area contributed by atoms with E-state index in [9.17, 15) is 19.8 Å². The second-order valence-electron chi connectivity index (χ2n) is 11.0. The first-order valence-corrected chi connectivity index (χ1v) is 15.7. The van der Waals surface area contributed by atoms with Crippen molar-refractivity contribution in [2.45, 2.75) is 94.5 Å². The van der Waals surface area contributed by atoms with Crippen LogP contribution in [0.3, 0.4) is 0 Å². The van der Waals surface area contributed by atoms with E-state index in [1.165, 1.54) is 21.6 Å². The van der Waals surface area contributed by atoms with E-state index in [0.717, 1.165) is 31.2 Å². The van der Waals surface area contributed by atoms with Crippen molar-refractivity contribution in [3.63, 3.8) is 0 Å². The van der Waals surface area contributed by atoms with Crippen LogP contribution in [0.4, 0.5) is 0 Å². The summed E-state index contributed by atoms with van der Waals surface area (Å²) >= 11 is 0. The second kappa shape index (κ2) is 11.2. The van der Waals surface area contributed by atoms with Gasteiger partial charge in [0.2, 0.25) is 0 Å². The first-order valence-electron chi connectivity index (χ1n) is 13.3. The number of fused-ring (bicyclic) bond motifs is 3. The predicted octanol–water partition coefficient (Wildman–Crippen LogP) is 2.89. The third-order valence-corrected chi connectivity index (χ3v) is 9.91. The quantitative estimate of drug-likeness (QED) is 0.172. The molecular weight excluding hydrogens is 542 g/mol. The number of carbonyl (C=O) groups is 1. The zero-order valence-corrected chi connectivity index (χ0v) is 23.7. The molecule has 1 aromatic carbocycles. The summed E-state index contributed by atoms with van der Waals surface area (Å²) in [6.45, 7) is 3.38. The Morgan fingerprint density at radius 3 is 2.64 bits per heavy atom. The Kier molecular flexibility index (Phi) is 8.10. The van der Waals surface area contributed by atoms with Crippen LogP contribution in [0.5, 0.6) is 11.5 Å². The Balaban J connectivity index is 1.77. The van der Waals surface area contributed by atoms with Crippen molar-refractivity contribution < 1.29 is 28.9 Å². The molecule has 1 aliphatic carbocycles. The zero-order chi connectivity index (χ0) is 27.9. The minimum atomic E-state index is -1.22. The molecular formula is C27H35N3O7S2. The molecule has 0 saturated heterocycles. The fraction of sp³-hybridized carbons (Fsp3) is 0.593. The minimum absolute atomic E-state index is 0.0253. The van der Waals surface area contributed by atoms with E-state index in [1.807, 2.05) is 0 Å². The van der Waals surface area contributed by atoms with Gasteiger partial charge in [-0.05, 0) is 39.5 Å². The van der Waals surface area contributed by atoms with Crippen LogP contribution >= 0.6 is 21.6 Å². The number of hydrogen-bond donors (Lipinski definition) is 4. The van der Waals surface area contributed by atoms with Gasteiger partial charge >= 0.3 is 0 Å². The van der Waals surface area contributed by atoms with Crippen LogP contribution in [0.1, 0.15) is 74.5 Å². The molecule has 3 aliphatic rings. The van der Waals surface area contributed by atoms with Crippen LogP contribution in [-0.2, 0) is 23.4 Å². The molecule has 0 unspecified atom stereocenters. The molecule has 2 aliphatic heterocycles. The van der Waals surface area contributed by atoms with Crippen LogP contribution in [0, 0.1) is 0 Å². The summed E-state index contributed by atoms with van der Waals surface area (Å²) in [5.74, 6) is 1.80. The summed E-state index contributed by atoms with van der Waals surface area (Å²) in [6.07, 6.45) is 2.86. The van der Waals surface area contributed by atoms with E-state index in [4.69, 9.17) is 25.4 Å². The van der Waals surface area contributed by atoms with E-state index in [2.05, 4.69) is 4.99 Å². The highest BCUT2D eigenvalue weighted by molar-refractivity contribution is 8.76. The molecule has 0 amide bonds. The lowest BCUT2D eigenvalue weighted by molar-refractivity contribution is -0.107. The predicted molar refractivity (Wildman–Crippen MR) is 152 cm³/mol. The lowest BCUT2D eigenvalue weighted by Gasteiger charge is -2.25. The Hall–Kier alpha value is -2.41. The maximum atomic E-state index is 14.2. The van der Waals surface area contributed by atoms with E-state index in [-0.39, 0.29) is 47.2 Å². The van der Waals surface area contributed by atoms with Gasteiger partial charge in [-0.15, -0.1) is 0 Å². The summed E-state index contributed by atoms with van der Waals surface area (Å²) in [4.78, 5) is 30.1. The third-order valence-electron chi connectivity index (χ3n) is 7.55. The van der Waals surface area contributed by atoms with Gasteiger partial charge in [0.1, 0.15) is 46.7 Å². The van der Waals surface area contributed by atoms with Crippen molar-refractivity contribution in [1.82, 2.24) is 0 Å². The van der Waals surface area contributed by atoms with E-state index in [0.29, 0.717) is 41.3 Å². The summed E-state index contributed by atoms with van der Waals surface area (Å²) in [7, 11) is 3.07. The highest BCUT2D eigenvalue weighted by atomic mass is 33.1. The van der Waals surface area contributed by atoms with Gasteiger partial charge in [0, 0.05) is 47.5 Å². The van der Waals surface area contributed by atoms with Gasteiger partial charge in [-0.1, -0.05) is 21.6 Å². The minimum Gasteiger partial charge on any atom is -0.489 e. The Morgan fingerprint density at radius 1 is 1.23 bits per heavy atom. The average Bonchev–Trinajstić information content (AvgIpc) is 3.53. The van der Waals surface area contributed by atoms with Gasteiger partial charge in [0.15, 0.2) is 11.4 Å². The number of rotatable bonds is 6. The smallest absolute Gasteiger partial charge is 0.200 e. The monoisotopic (exact) mass is 577 g/mol. The third kappa shape index (κ3) is 5.61. The molecule has 2 aromatic rings. The summed E-state index contributed by atoms with van der Waals surface area (Å²) < 4.78 is 19.3. The van der Waals surface area contributed by atoms with Crippen LogP contribution in [0.2, 0.25) is 0 Å². The lowest BCUT2D eigenvalue weighted by atomic mass is 9.93. The van der Waals surface area contributed by atoms with Crippen molar-refractivity contribution in [1.29, 1.82) is 0 Å². The Morgan fingerprint density at radius 2 is 1.97 bits per heavy atom. The molecule has 12 heteroatoms. The molecule has 3 atom stereocenters. The van der Waals surface area contributed by atoms with Crippen LogP contribution in [0.25, 0.3) is 11.0 Å². The van der Waals surface area contributed by atoms with E-state index < -0.39 is 29.3 Å². The van der Waals surface area contributed by atoms with Gasteiger partial charge in [-0.25, -0.2) is 4.99 Å². The number of nitrogens with zero attached hydrogens (tertiary/aromatic N) is 1. The first kappa shape index (κ1) is 28.1. The van der Waals surface area contributed by atoms with Gasteiger partial charge < -0.3 is 40.4 Å². The topological polar surface area (TPSA) is 171 Å². The number of aliphatic hydroxyl groups excluding tert-OH is 1. The molecule has 6 N–H and O–H groups in total. The standard InChI is InChI=1S/C27H35N3O7S2/c1-27(2,34)19-10-16-22(36-19)17-12-39-38-11-13(30-26(28)29)9-18(32)23-15(7-8-31)21(33)20(25(17)37-23)24(16)35-14-5-3-4-6-14/h8,13-14,18-19,32,34H,3-7,9-12H2,1-2H3,(H4,28,29,30)/t13-,18-,19-/m1/s1. The highest BCUT2D eigenvalue weighted by Crippen LogP contribution is 2.50. The summed E-state index contributed by atoms with van der Waals surface area (Å²) in [6, 6.07) is -0.434. The number of nitrogens with two attached hydrogens (primary N) is 2. The van der Waals surface area contributed by atoms with E-state index in [1.54, 1.807) is 13.8 Å². The molecule has 10 nitrogen and oxygen atoms in total. The highest BCUT2D eigenvalue weighted by Gasteiger charge is 2.41. The maximum absolute atomic E-state index is 14.2. The molecule has 212 valence electrons. The Bertz CT molecular complexity index is 1340. The average molecular weight is 578 g/mol. The molecule has 3 heterocycles. The fourth-order valence-electron chi connectivity index (χ4n) is 5.58. The summed E-state index contributed by atoms with van der Waals surface area (Å²) in [5, 5.41) is 22.4. The number of aldehydes is 1. The van der Waals surface area contributed by atoms with Crippen molar-refractivity contribution in [3.05, 3.63) is 32.7 Å². The van der Waals surface area contributed by atoms with Crippen LogP contribution in [-0.4, -0.2) is 52.1 Å². The van der Waals surface area contributed by atoms with Crippen molar-refractivity contribution >= 4 is 44.8 Å². The van der Waals surface area contributed by atoms with Crippen LogP contribution in [0.15, 0.2) is 14.2 Å². The first-order chi connectivity index (χ1) is 18.6. The SMILES string of the molecule is CC(C)(O)[C@H]1Cc2c(c3c4oc(c(CC=O)c(=O)c4c2OC2CCCC2)[C@H](O)C[C@@H](N=C(N)N)CSSC3)O1. The molecule has 1 fully saturated rings. The van der Waals surface area contributed by atoms with Crippen molar-refractivity contribution in [2.24, 2.45) is 16.5 Å². The summed E-state index contributed by atoms with van der Waals surface area (Å²) in [5.41, 5.74) is 11.5.